The van der Waals surface area contributed by atoms with Gasteiger partial charge in [0.1, 0.15) is 0 Å². The molecule has 2 saturated carbocycles. The van der Waals surface area contributed by atoms with E-state index >= 15 is 0 Å². The molecular formula is C24H40N4O4S. The van der Waals surface area contributed by atoms with E-state index in [9.17, 15) is 19.8 Å². The van der Waals surface area contributed by atoms with Gasteiger partial charge in [-0.1, -0.05) is 45.4 Å². The highest BCUT2D eigenvalue weighted by Gasteiger charge is 2.32. The van der Waals surface area contributed by atoms with Crippen molar-refractivity contribution in [3.8, 4) is 0 Å². The average Bonchev–Trinajstić information content (AvgIpc) is 3.26. The molecule has 1 aromatic heterocycles. The predicted octanol–water partition coefficient (Wildman–Crippen LogP) is 3.56. The summed E-state index contributed by atoms with van der Waals surface area (Å²) in [6.07, 6.45) is 13.7. The van der Waals surface area contributed by atoms with E-state index in [1.54, 1.807) is 13.1 Å². The second-order valence-corrected chi connectivity index (χ2v) is 10.7. The fourth-order valence-electron chi connectivity index (χ4n) is 5.19. The number of rotatable bonds is 12. The van der Waals surface area contributed by atoms with Crippen LogP contribution in [0.1, 0.15) is 76.0 Å². The van der Waals surface area contributed by atoms with Gasteiger partial charge in [-0.15, -0.1) is 11.3 Å². The number of carbonyl (C=O) groups is 2. The molecule has 0 aliphatic heterocycles. The van der Waals surface area contributed by atoms with E-state index in [4.69, 9.17) is 0 Å². The Bertz CT molecular complexity index is 729. The average molecular weight is 481 g/mol. The molecule has 1 unspecified atom stereocenters. The number of anilines is 1. The van der Waals surface area contributed by atoms with E-state index in [1.807, 2.05) is 4.90 Å². The number of aliphatic carboxylic acids is 1. The molecule has 2 fully saturated rings. The van der Waals surface area contributed by atoms with E-state index in [2.05, 4.69) is 15.2 Å². The molecule has 0 saturated heterocycles. The van der Waals surface area contributed by atoms with Gasteiger partial charge in [0.15, 0.2) is 5.13 Å². The predicted molar refractivity (Wildman–Crippen MR) is 130 cm³/mol. The van der Waals surface area contributed by atoms with E-state index in [0.29, 0.717) is 36.8 Å². The lowest BCUT2D eigenvalue weighted by Crippen LogP contribution is -2.50. The molecule has 1 amide bonds. The summed E-state index contributed by atoms with van der Waals surface area (Å²) in [7, 11) is 0. The van der Waals surface area contributed by atoms with Crippen LogP contribution in [0.3, 0.4) is 0 Å². The molecular weight excluding hydrogens is 440 g/mol. The summed E-state index contributed by atoms with van der Waals surface area (Å²) in [6, 6.07) is 0.762. The Hall–Kier alpha value is -1.71. The number of hydrogen-bond donors (Lipinski definition) is 3. The van der Waals surface area contributed by atoms with Crippen LogP contribution in [0.25, 0.3) is 0 Å². The number of nitrogens with zero attached hydrogens (tertiary/aromatic N) is 3. The minimum atomic E-state index is -0.844. The van der Waals surface area contributed by atoms with Crippen LogP contribution in [0.2, 0.25) is 0 Å². The summed E-state index contributed by atoms with van der Waals surface area (Å²) < 4.78 is 0. The molecule has 8 nitrogen and oxygen atoms in total. The minimum absolute atomic E-state index is 0.0249. The molecule has 0 radical (unpaired) electrons. The van der Waals surface area contributed by atoms with Crippen molar-refractivity contribution < 1.29 is 19.8 Å². The number of aliphatic hydroxyl groups is 1. The van der Waals surface area contributed by atoms with Crippen molar-refractivity contribution in [2.24, 2.45) is 5.92 Å². The third kappa shape index (κ3) is 7.93. The van der Waals surface area contributed by atoms with Crippen molar-refractivity contribution in [2.45, 2.75) is 89.8 Å². The molecule has 1 atom stereocenters. The van der Waals surface area contributed by atoms with Gasteiger partial charge in [0.2, 0.25) is 5.91 Å². The molecule has 1 heterocycles. The third-order valence-corrected chi connectivity index (χ3v) is 7.86. The van der Waals surface area contributed by atoms with E-state index in [-0.39, 0.29) is 19.1 Å². The van der Waals surface area contributed by atoms with Gasteiger partial charge in [0.05, 0.1) is 19.1 Å². The zero-order valence-electron chi connectivity index (χ0n) is 19.9. The fourth-order valence-corrected chi connectivity index (χ4v) is 6.04. The number of hydrogen-bond acceptors (Lipinski definition) is 7. The molecule has 1 aromatic rings. The Labute approximate surface area is 201 Å². The lowest BCUT2D eigenvalue weighted by atomic mass is 9.88. The topological polar surface area (TPSA) is 106 Å². The van der Waals surface area contributed by atoms with Gasteiger partial charge in [-0.25, -0.2) is 4.98 Å². The second-order valence-electron chi connectivity index (χ2n) is 9.57. The zero-order valence-corrected chi connectivity index (χ0v) is 20.7. The molecule has 2 aliphatic rings. The molecule has 186 valence electrons. The summed E-state index contributed by atoms with van der Waals surface area (Å²) in [4.78, 5) is 34.1. The Morgan fingerprint density at radius 1 is 1.12 bits per heavy atom. The molecule has 2 aliphatic carbocycles. The second kappa shape index (κ2) is 13.2. The summed E-state index contributed by atoms with van der Waals surface area (Å²) in [6.45, 7) is 3.21. The van der Waals surface area contributed by atoms with E-state index in [1.165, 1.54) is 49.9 Å². The number of nitrogens with one attached hydrogen (secondary N) is 1. The lowest BCUT2D eigenvalue weighted by Gasteiger charge is -2.41. The van der Waals surface area contributed by atoms with Crippen molar-refractivity contribution in [1.29, 1.82) is 0 Å². The van der Waals surface area contributed by atoms with Crippen molar-refractivity contribution in [3.63, 3.8) is 0 Å². The maximum absolute atomic E-state index is 13.3. The number of aromatic nitrogens is 1. The highest BCUT2D eigenvalue weighted by Crippen LogP contribution is 2.30. The Morgan fingerprint density at radius 2 is 1.73 bits per heavy atom. The van der Waals surface area contributed by atoms with Crippen LogP contribution >= 0.6 is 11.3 Å². The quantitative estimate of drug-likeness (QED) is 0.420. The van der Waals surface area contributed by atoms with Gasteiger partial charge in [-0.2, -0.15) is 0 Å². The molecule has 0 spiro atoms. The monoisotopic (exact) mass is 480 g/mol. The largest absolute Gasteiger partial charge is 0.481 e. The minimum Gasteiger partial charge on any atom is -0.481 e. The fraction of sp³-hybridized carbons (Fsp3) is 0.792. The zero-order chi connectivity index (χ0) is 23.6. The van der Waals surface area contributed by atoms with Crippen LogP contribution in [0.15, 0.2) is 6.20 Å². The summed E-state index contributed by atoms with van der Waals surface area (Å²) in [5, 5.41) is 22.5. The standard InChI is InChI=1S/C24H40N4O4S/c1-18(23(31)32)16-27(12-13-29)17-21-14-25-24(33-21)26-15-22(30)28(19-8-4-2-5-9-19)20-10-6-3-7-11-20/h14,18-20,29H,2-13,15-17H2,1H3,(H,25,26)(H,31,32). The number of carboxylic acid groups (broad SMARTS) is 1. The molecule has 9 heteroatoms. The molecule has 3 N–H and O–H groups in total. The Kier molecular flexibility index (Phi) is 10.4. The normalized spacial score (nSPS) is 18.9. The van der Waals surface area contributed by atoms with Crippen molar-refractivity contribution in [3.05, 3.63) is 11.1 Å². The van der Waals surface area contributed by atoms with Crippen molar-refractivity contribution >= 4 is 28.3 Å². The van der Waals surface area contributed by atoms with E-state index < -0.39 is 11.9 Å². The number of amides is 1. The summed E-state index contributed by atoms with van der Waals surface area (Å²) in [5.41, 5.74) is 0. The Balaban J connectivity index is 1.56. The molecule has 0 aromatic carbocycles. The van der Waals surface area contributed by atoms with Gasteiger partial charge in [-0.05, 0) is 25.7 Å². The summed E-state index contributed by atoms with van der Waals surface area (Å²) in [5.74, 6) is -1.17. The first kappa shape index (κ1) is 25.9. The molecule has 33 heavy (non-hydrogen) atoms. The van der Waals surface area contributed by atoms with Crippen LogP contribution in [0, 0.1) is 5.92 Å². The van der Waals surface area contributed by atoms with E-state index in [0.717, 1.165) is 30.6 Å². The molecule has 0 bridgehead atoms. The number of aliphatic hydroxyl groups excluding tert-OH is 1. The first-order valence-corrected chi connectivity index (χ1v) is 13.3. The highest BCUT2D eigenvalue weighted by atomic mass is 32.1. The highest BCUT2D eigenvalue weighted by molar-refractivity contribution is 7.15. The first-order valence-electron chi connectivity index (χ1n) is 12.5. The van der Waals surface area contributed by atoms with Gasteiger partial charge >= 0.3 is 5.97 Å². The van der Waals surface area contributed by atoms with Gasteiger partial charge in [0, 0.05) is 42.8 Å². The Morgan fingerprint density at radius 3 is 2.27 bits per heavy atom. The smallest absolute Gasteiger partial charge is 0.307 e. The van der Waals surface area contributed by atoms with Crippen LogP contribution in [0.4, 0.5) is 5.13 Å². The number of carboxylic acids is 1. The van der Waals surface area contributed by atoms with Gasteiger partial charge in [0.25, 0.3) is 0 Å². The SMILES string of the molecule is CC(CN(CCO)Cc1cnc(NCC(=O)N(C2CCCCC2)C2CCCCC2)s1)C(=O)O. The van der Waals surface area contributed by atoms with Crippen molar-refractivity contribution in [2.75, 3.05) is 31.6 Å². The van der Waals surface area contributed by atoms with Crippen LogP contribution in [-0.2, 0) is 16.1 Å². The van der Waals surface area contributed by atoms with Crippen molar-refractivity contribution in [1.82, 2.24) is 14.8 Å². The third-order valence-electron chi connectivity index (χ3n) is 6.92. The van der Waals surface area contributed by atoms with Crippen LogP contribution in [0.5, 0.6) is 0 Å². The first-order chi connectivity index (χ1) is 16.0. The number of thiazole rings is 1. The lowest BCUT2D eigenvalue weighted by molar-refractivity contribution is -0.142. The maximum atomic E-state index is 13.3. The summed E-state index contributed by atoms with van der Waals surface area (Å²) >= 11 is 1.48. The molecule has 3 rings (SSSR count). The van der Waals surface area contributed by atoms with Gasteiger partial charge < -0.3 is 20.4 Å². The van der Waals surface area contributed by atoms with Crippen LogP contribution in [-0.4, -0.2) is 75.2 Å². The van der Waals surface area contributed by atoms with Gasteiger partial charge in [-0.3, -0.25) is 14.5 Å². The van der Waals surface area contributed by atoms with Crippen LogP contribution < -0.4 is 5.32 Å². The maximum Gasteiger partial charge on any atom is 0.307 e. The number of carbonyl (C=O) groups excluding carboxylic acids is 1.